The molecule has 0 radical (unpaired) electrons. The predicted molar refractivity (Wildman–Crippen MR) is 58.1 cm³/mol. The first-order chi connectivity index (χ1) is 7.31. The maximum Gasteiger partial charge on any atom is 0.226 e. The molecule has 2 saturated carbocycles. The number of nitrogens with zero attached hydrogens (tertiary/aromatic N) is 1. The highest BCUT2D eigenvalue weighted by Gasteiger charge is 2.57. The SMILES string of the molecule is NCC1CCN(C(=O)C2C3CCCC32)C1. The fraction of sp³-hybridized carbons (Fsp3) is 0.917. The van der Waals surface area contributed by atoms with Crippen molar-refractivity contribution in [3.8, 4) is 0 Å². The van der Waals surface area contributed by atoms with Crippen molar-refractivity contribution in [2.75, 3.05) is 19.6 Å². The second-order valence-corrected chi connectivity index (χ2v) is 5.46. The van der Waals surface area contributed by atoms with Crippen molar-refractivity contribution in [2.24, 2.45) is 29.4 Å². The van der Waals surface area contributed by atoms with E-state index in [4.69, 9.17) is 5.73 Å². The van der Waals surface area contributed by atoms with Gasteiger partial charge in [0.15, 0.2) is 0 Å². The van der Waals surface area contributed by atoms with Crippen LogP contribution in [0.15, 0.2) is 0 Å². The quantitative estimate of drug-likeness (QED) is 0.731. The standard InChI is InChI=1S/C12H20N2O/c13-6-8-4-5-14(7-8)12(15)11-9-2-1-3-10(9)11/h8-11H,1-7,13H2. The summed E-state index contributed by atoms with van der Waals surface area (Å²) in [6, 6.07) is 0. The minimum Gasteiger partial charge on any atom is -0.342 e. The van der Waals surface area contributed by atoms with Crippen molar-refractivity contribution in [3.63, 3.8) is 0 Å². The Hall–Kier alpha value is -0.570. The summed E-state index contributed by atoms with van der Waals surface area (Å²) in [5.41, 5.74) is 5.64. The summed E-state index contributed by atoms with van der Waals surface area (Å²) in [7, 11) is 0. The molecule has 3 rings (SSSR count). The number of rotatable bonds is 2. The Morgan fingerprint density at radius 2 is 2.00 bits per heavy atom. The molecule has 1 amide bonds. The minimum absolute atomic E-state index is 0.412. The summed E-state index contributed by atoms with van der Waals surface area (Å²) in [5, 5.41) is 0. The lowest BCUT2D eigenvalue weighted by Crippen LogP contribution is -2.32. The first kappa shape index (κ1) is 9.64. The van der Waals surface area contributed by atoms with Crippen molar-refractivity contribution >= 4 is 5.91 Å². The second kappa shape index (κ2) is 3.48. The molecule has 2 N–H and O–H groups in total. The Morgan fingerprint density at radius 1 is 1.27 bits per heavy atom. The van der Waals surface area contributed by atoms with Gasteiger partial charge in [-0.2, -0.15) is 0 Å². The molecule has 1 heterocycles. The van der Waals surface area contributed by atoms with E-state index in [-0.39, 0.29) is 0 Å². The fourth-order valence-corrected chi connectivity index (χ4v) is 3.62. The number of carbonyl (C=O) groups excluding carboxylic acids is 1. The average molecular weight is 208 g/mol. The van der Waals surface area contributed by atoms with Crippen LogP contribution in [-0.2, 0) is 4.79 Å². The van der Waals surface area contributed by atoms with Gasteiger partial charge in [0.1, 0.15) is 0 Å². The monoisotopic (exact) mass is 208 g/mol. The highest BCUT2D eigenvalue weighted by molar-refractivity contribution is 5.82. The molecule has 3 nitrogen and oxygen atoms in total. The van der Waals surface area contributed by atoms with Crippen molar-refractivity contribution in [3.05, 3.63) is 0 Å². The van der Waals surface area contributed by atoms with Gasteiger partial charge in [-0.15, -0.1) is 0 Å². The smallest absolute Gasteiger partial charge is 0.226 e. The van der Waals surface area contributed by atoms with Crippen LogP contribution in [-0.4, -0.2) is 30.4 Å². The van der Waals surface area contributed by atoms with Gasteiger partial charge < -0.3 is 10.6 Å². The lowest BCUT2D eigenvalue weighted by atomic mass is 10.1. The van der Waals surface area contributed by atoms with E-state index in [2.05, 4.69) is 4.90 Å². The topological polar surface area (TPSA) is 46.3 Å². The summed E-state index contributed by atoms with van der Waals surface area (Å²) in [5.74, 6) is 2.94. The number of nitrogens with two attached hydrogens (primary N) is 1. The third-order valence-electron chi connectivity index (χ3n) is 4.62. The van der Waals surface area contributed by atoms with E-state index in [9.17, 15) is 4.79 Å². The van der Waals surface area contributed by atoms with Crippen LogP contribution in [0.4, 0.5) is 0 Å². The van der Waals surface area contributed by atoms with Crippen molar-refractivity contribution in [2.45, 2.75) is 25.7 Å². The highest BCUT2D eigenvalue weighted by Crippen LogP contribution is 2.58. The molecular weight excluding hydrogens is 188 g/mol. The molecule has 3 aliphatic rings. The Balaban J connectivity index is 1.58. The van der Waals surface area contributed by atoms with Gasteiger partial charge in [0.2, 0.25) is 5.91 Å². The first-order valence-corrected chi connectivity index (χ1v) is 6.30. The molecule has 2 aliphatic carbocycles. The highest BCUT2D eigenvalue weighted by atomic mass is 16.2. The number of amides is 1. The normalized spacial score (nSPS) is 43.1. The molecule has 1 aliphatic heterocycles. The van der Waals surface area contributed by atoms with Crippen LogP contribution in [0.1, 0.15) is 25.7 Å². The van der Waals surface area contributed by atoms with Crippen molar-refractivity contribution in [1.29, 1.82) is 0 Å². The summed E-state index contributed by atoms with van der Waals surface area (Å²) < 4.78 is 0. The molecule has 0 aromatic rings. The number of hydrogen-bond donors (Lipinski definition) is 1. The number of likely N-dealkylation sites (tertiary alicyclic amines) is 1. The summed E-state index contributed by atoms with van der Waals surface area (Å²) >= 11 is 0. The predicted octanol–water partition coefficient (Wildman–Crippen LogP) is 0.840. The van der Waals surface area contributed by atoms with Gasteiger partial charge in [0, 0.05) is 19.0 Å². The second-order valence-electron chi connectivity index (χ2n) is 5.46. The summed E-state index contributed by atoms with van der Waals surface area (Å²) in [6.45, 7) is 2.61. The van der Waals surface area contributed by atoms with Crippen molar-refractivity contribution in [1.82, 2.24) is 4.90 Å². The molecule has 3 heteroatoms. The third kappa shape index (κ3) is 1.48. The molecular formula is C12H20N2O. The molecule has 3 unspecified atom stereocenters. The number of carbonyl (C=O) groups is 1. The van der Waals surface area contributed by atoms with Gasteiger partial charge in [0.25, 0.3) is 0 Å². The molecule has 15 heavy (non-hydrogen) atoms. The van der Waals surface area contributed by atoms with Gasteiger partial charge in [0.05, 0.1) is 0 Å². The maximum absolute atomic E-state index is 12.2. The minimum atomic E-state index is 0.412. The van der Waals surface area contributed by atoms with Crippen LogP contribution in [0.2, 0.25) is 0 Å². The van der Waals surface area contributed by atoms with Crippen molar-refractivity contribution < 1.29 is 4.79 Å². The maximum atomic E-state index is 12.2. The van der Waals surface area contributed by atoms with Gasteiger partial charge in [-0.3, -0.25) is 4.79 Å². The largest absolute Gasteiger partial charge is 0.342 e. The van der Waals surface area contributed by atoms with E-state index in [0.717, 1.165) is 37.9 Å². The van der Waals surface area contributed by atoms with E-state index in [1.807, 2.05) is 0 Å². The zero-order valence-corrected chi connectivity index (χ0v) is 9.19. The fourth-order valence-electron chi connectivity index (χ4n) is 3.62. The number of fused-ring (bicyclic) bond motifs is 1. The van der Waals surface area contributed by atoms with Crippen LogP contribution >= 0.6 is 0 Å². The molecule has 0 spiro atoms. The van der Waals surface area contributed by atoms with E-state index in [1.165, 1.54) is 19.3 Å². The van der Waals surface area contributed by atoms with E-state index >= 15 is 0 Å². The van der Waals surface area contributed by atoms with E-state index in [0.29, 0.717) is 17.7 Å². The molecule has 3 atom stereocenters. The van der Waals surface area contributed by atoms with E-state index in [1.54, 1.807) is 0 Å². The Labute approximate surface area is 91.0 Å². The molecule has 0 aromatic carbocycles. The number of hydrogen-bond acceptors (Lipinski definition) is 2. The third-order valence-corrected chi connectivity index (χ3v) is 4.62. The molecule has 84 valence electrons. The van der Waals surface area contributed by atoms with Gasteiger partial charge in [-0.05, 0) is 43.6 Å². The summed E-state index contributed by atoms with van der Waals surface area (Å²) in [6.07, 6.45) is 5.07. The van der Waals surface area contributed by atoms with E-state index < -0.39 is 0 Å². The van der Waals surface area contributed by atoms with Crippen LogP contribution in [0, 0.1) is 23.7 Å². The zero-order chi connectivity index (χ0) is 10.4. The molecule has 0 bridgehead atoms. The molecule has 3 fully saturated rings. The van der Waals surface area contributed by atoms with Crippen LogP contribution < -0.4 is 5.73 Å². The van der Waals surface area contributed by atoms with Crippen LogP contribution in [0.25, 0.3) is 0 Å². The van der Waals surface area contributed by atoms with Gasteiger partial charge in [-0.1, -0.05) is 6.42 Å². The lowest BCUT2D eigenvalue weighted by molar-refractivity contribution is -0.132. The molecule has 0 aromatic heterocycles. The van der Waals surface area contributed by atoms with Gasteiger partial charge >= 0.3 is 0 Å². The average Bonchev–Trinajstić information content (AvgIpc) is 2.73. The molecule has 1 saturated heterocycles. The Bertz CT molecular complexity index is 269. The first-order valence-electron chi connectivity index (χ1n) is 6.30. The van der Waals surface area contributed by atoms with Crippen LogP contribution in [0.5, 0.6) is 0 Å². The Morgan fingerprint density at radius 3 is 2.60 bits per heavy atom. The van der Waals surface area contributed by atoms with Crippen LogP contribution in [0.3, 0.4) is 0 Å². The van der Waals surface area contributed by atoms with Gasteiger partial charge in [-0.25, -0.2) is 0 Å². The Kier molecular flexibility index (Phi) is 2.23. The summed E-state index contributed by atoms with van der Waals surface area (Å²) in [4.78, 5) is 14.2. The lowest BCUT2D eigenvalue weighted by Gasteiger charge is -2.17. The zero-order valence-electron chi connectivity index (χ0n) is 9.19.